The van der Waals surface area contributed by atoms with E-state index in [0.29, 0.717) is 18.4 Å². The summed E-state index contributed by atoms with van der Waals surface area (Å²) in [6.45, 7) is 1.45. The highest BCUT2D eigenvalue weighted by molar-refractivity contribution is 7.90. The number of fused-ring (bicyclic) bond motifs is 1. The number of sulfonamides is 1. The van der Waals surface area contributed by atoms with Crippen LogP contribution in [-0.2, 0) is 29.3 Å². The summed E-state index contributed by atoms with van der Waals surface area (Å²) in [5, 5.41) is 3.96. The first kappa shape index (κ1) is 21.8. The highest BCUT2D eigenvalue weighted by atomic mass is 35.5. The maximum absolute atomic E-state index is 12.3. The number of nitrogens with one attached hydrogen (secondary N) is 2. The van der Waals surface area contributed by atoms with Gasteiger partial charge in [0.25, 0.3) is 0 Å². The van der Waals surface area contributed by atoms with Crippen LogP contribution in [0.15, 0.2) is 42.5 Å². The van der Waals surface area contributed by atoms with Gasteiger partial charge in [0, 0.05) is 11.6 Å². The predicted molar refractivity (Wildman–Crippen MR) is 124 cm³/mol. The summed E-state index contributed by atoms with van der Waals surface area (Å²) in [7, 11) is -1.13. The number of rotatable bonds is 9. The third-order valence-corrected chi connectivity index (χ3v) is 8.87. The molecule has 1 saturated carbocycles. The molecular formula is C24H31ClN2O2S. The van der Waals surface area contributed by atoms with Gasteiger partial charge >= 0.3 is 0 Å². The summed E-state index contributed by atoms with van der Waals surface area (Å²) in [6, 6.07) is 14.9. The molecule has 1 fully saturated rings. The molecule has 30 heavy (non-hydrogen) atoms. The zero-order valence-corrected chi connectivity index (χ0v) is 19.1. The van der Waals surface area contributed by atoms with Crippen LogP contribution in [0.3, 0.4) is 0 Å². The highest BCUT2D eigenvalue weighted by Crippen LogP contribution is 2.40. The van der Waals surface area contributed by atoms with Gasteiger partial charge in [-0.1, -0.05) is 48.4 Å². The van der Waals surface area contributed by atoms with Crippen molar-refractivity contribution in [1.82, 2.24) is 10.0 Å². The first-order chi connectivity index (χ1) is 14.5. The molecule has 0 saturated heterocycles. The van der Waals surface area contributed by atoms with Gasteiger partial charge in [0.2, 0.25) is 10.0 Å². The molecule has 2 aliphatic rings. The zero-order chi connectivity index (χ0) is 21.1. The van der Waals surface area contributed by atoms with Gasteiger partial charge in [-0.2, -0.15) is 0 Å². The quantitative estimate of drug-likeness (QED) is 0.610. The van der Waals surface area contributed by atoms with Gasteiger partial charge in [-0.15, -0.1) is 0 Å². The summed E-state index contributed by atoms with van der Waals surface area (Å²) in [6.07, 6.45) is 5.39. The van der Waals surface area contributed by atoms with Crippen molar-refractivity contribution in [3.63, 3.8) is 0 Å². The monoisotopic (exact) mass is 446 g/mol. The van der Waals surface area contributed by atoms with E-state index in [0.717, 1.165) is 50.1 Å². The van der Waals surface area contributed by atoms with Crippen molar-refractivity contribution >= 4 is 21.6 Å². The normalized spacial score (nSPS) is 21.4. The molecule has 2 aliphatic carbocycles. The Morgan fingerprint density at radius 1 is 1.10 bits per heavy atom. The summed E-state index contributed by atoms with van der Waals surface area (Å²) in [4.78, 5) is 0. The van der Waals surface area contributed by atoms with Crippen molar-refractivity contribution in [3.8, 4) is 0 Å². The summed E-state index contributed by atoms with van der Waals surface area (Å²) in [5.41, 5.74) is 5.29. The second kappa shape index (κ2) is 9.39. The van der Waals surface area contributed by atoms with Crippen molar-refractivity contribution in [1.29, 1.82) is 0 Å². The lowest BCUT2D eigenvalue weighted by molar-refractivity contribution is 0.436. The molecule has 2 unspecified atom stereocenters. The third-order valence-electron chi connectivity index (χ3n) is 6.68. The minimum Gasteiger partial charge on any atom is -0.319 e. The molecular weight excluding hydrogens is 416 g/mol. The minimum atomic E-state index is -3.15. The molecule has 0 heterocycles. The van der Waals surface area contributed by atoms with E-state index < -0.39 is 10.0 Å². The molecule has 4 rings (SSSR count). The first-order valence-electron chi connectivity index (χ1n) is 11.0. The van der Waals surface area contributed by atoms with Crippen LogP contribution in [-0.4, -0.2) is 33.8 Å². The molecule has 4 nitrogen and oxygen atoms in total. The Morgan fingerprint density at radius 2 is 1.93 bits per heavy atom. The standard InChI is InChI=1S/C24H31ClN2O2S/c1-26-16-20-15-19-9-8-17(10-11-27-30(28,29)22-6-3-7-22)13-23(19)24(20)14-18-4-2-5-21(25)12-18/h2,4-5,8-9,12-13,20,22,24,26-27H,3,6-7,10-11,14-16H2,1H3. The molecule has 0 bridgehead atoms. The van der Waals surface area contributed by atoms with E-state index in [1.807, 2.05) is 19.2 Å². The lowest BCUT2D eigenvalue weighted by Gasteiger charge is -2.25. The number of benzene rings is 2. The topological polar surface area (TPSA) is 58.2 Å². The average Bonchev–Trinajstić information content (AvgIpc) is 2.97. The van der Waals surface area contributed by atoms with Crippen molar-refractivity contribution < 1.29 is 8.42 Å². The SMILES string of the molecule is CNCC1Cc2ccc(CCNS(=O)(=O)C3CCC3)cc2C1Cc1cccc(Cl)c1. The predicted octanol–water partition coefficient (Wildman–Crippen LogP) is 4.07. The van der Waals surface area contributed by atoms with E-state index in [-0.39, 0.29) is 5.25 Å². The molecule has 2 aromatic carbocycles. The van der Waals surface area contributed by atoms with E-state index in [2.05, 4.69) is 40.4 Å². The Labute approximate surface area is 185 Å². The highest BCUT2D eigenvalue weighted by Gasteiger charge is 2.33. The molecule has 0 aliphatic heterocycles. The minimum absolute atomic E-state index is 0.179. The van der Waals surface area contributed by atoms with Gasteiger partial charge in [-0.25, -0.2) is 13.1 Å². The van der Waals surface area contributed by atoms with Crippen LogP contribution in [0.25, 0.3) is 0 Å². The molecule has 6 heteroatoms. The van der Waals surface area contributed by atoms with Crippen LogP contribution in [0.5, 0.6) is 0 Å². The average molecular weight is 447 g/mol. The Kier molecular flexibility index (Phi) is 6.83. The van der Waals surface area contributed by atoms with E-state index >= 15 is 0 Å². The van der Waals surface area contributed by atoms with Gasteiger partial charge in [0.15, 0.2) is 0 Å². The van der Waals surface area contributed by atoms with Crippen LogP contribution < -0.4 is 10.0 Å². The van der Waals surface area contributed by atoms with Crippen LogP contribution in [0, 0.1) is 5.92 Å². The van der Waals surface area contributed by atoms with E-state index in [9.17, 15) is 8.42 Å². The van der Waals surface area contributed by atoms with E-state index in [4.69, 9.17) is 11.6 Å². The van der Waals surface area contributed by atoms with Gasteiger partial charge in [0.05, 0.1) is 5.25 Å². The molecule has 162 valence electrons. The number of hydrogen-bond donors (Lipinski definition) is 2. The maximum atomic E-state index is 12.3. The second-order valence-electron chi connectivity index (χ2n) is 8.74. The van der Waals surface area contributed by atoms with Crippen LogP contribution in [0.2, 0.25) is 5.02 Å². The fraction of sp³-hybridized carbons (Fsp3) is 0.500. The van der Waals surface area contributed by atoms with Crippen molar-refractivity contribution in [2.24, 2.45) is 5.92 Å². The van der Waals surface area contributed by atoms with Crippen LogP contribution >= 0.6 is 11.6 Å². The first-order valence-corrected chi connectivity index (χ1v) is 12.9. The third kappa shape index (κ3) is 4.91. The Morgan fingerprint density at radius 3 is 2.63 bits per heavy atom. The molecule has 2 atom stereocenters. The Balaban J connectivity index is 1.47. The lowest BCUT2D eigenvalue weighted by Crippen LogP contribution is -2.39. The van der Waals surface area contributed by atoms with Gasteiger partial charge in [-0.05, 0) is 91.9 Å². The summed E-state index contributed by atoms with van der Waals surface area (Å²) >= 11 is 6.22. The largest absolute Gasteiger partial charge is 0.319 e. The van der Waals surface area contributed by atoms with Gasteiger partial charge < -0.3 is 5.32 Å². The Hall–Kier alpha value is -1.40. The van der Waals surface area contributed by atoms with Crippen molar-refractivity contribution in [2.75, 3.05) is 20.1 Å². The van der Waals surface area contributed by atoms with E-state index in [1.165, 1.54) is 22.3 Å². The zero-order valence-electron chi connectivity index (χ0n) is 17.5. The van der Waals surface area contributed by atoms with Gasteiger partial charge in [0.1, 0.15) is 0 Å². The lowest BCUT2D eigenvalue weighted by atomic mass is 9.86. The molecule has 2 N–H and O–H groups in total. The second-order valence-corrected chi connectivity index (χ2v) is 11.2. The molecule has 0 radical (unpaired) electrons. The van der Waals surface area contributed by atoms with Gasteiger partial charge in [-0.3, -0.25) is 0 Å². The van der Waals surface area contributed by atoms with Crippen molar-refractivity contribution in [2.45, 2.75) is 49.7 Å². The maximum Gasteiger partial charge on any atom is 0.214 e. The summed E-state index contributed by atoms with van der Waals surface area (Å²) < 4.78 is 27.3. The number of hydrogen-bond acceptors (Lipinski definition) is 3. The molecule has 0 amide bonds. The molecule has 0 aromatic heterocycles. The number of halogens is 1. The van der Waals surface area contributed by atoms with Crippen molar-refractivity contribution in [3.05, 3.63) is 69.7 Å². The fourth-order valence-corrected chi connectivity index (χ4v) is 6.61. The van der Waals surface area contributed by atoms with E-state index in [1.54, 1.807) is 0 Å². The van der Waals surface area contributed by atoms with Crippen LogP contribution in [0.1, 0.15) is 47.4 Å². The fourth-order valence-electron chi connectivity index (χ4n) is 4.82. The Bertz CT molecular complexity index is 988. The molecule has 0 spiro atoms. The molecule has 2 aromatic rings. The van der Waals surface area contributed by atoms with Crippen LogP contribution in [0.4, 0.5) is 0 Å². The smallest absolute Gasteiger partial charge is 0.214 e. The summed E-state index contributed by atoms with van der Waals surface area (Å²) in [5.74, 6) is 0.994.